The molecule has 4 N–H and O–H groups in total. The smallest absolute Gasteiger partial charge is 0.329 e. The Morgan fingerprint density at radius 3 is 2.19 bits per heavy atom. The average molecular weight is 363 g/mol. The van der Waals surface area contributed by atoms with Crippen LogP contribution in [0.5, 0.6) is 0 Å². The van der Waals surface area contributed by atoms with Gasteiger partial charge in [-0.25, -0.2) is 4.79 Å². The Labute approximate surface area is 147 Å². The van der Waals surface area contributed by atoms with Gasteiger partial charge in [-0.15, -0.1) is 0 Å². The number of fused-ring (bicyclic) bond motifs is 1. The second-order valence-electron chi connectivity index (χ2n) is 5.61. The Morgan fingerprint density at radius 2 is 1.73 bits per heavy atom. The summed E-state index contributed by atoms with van der Waals surface area (Å²) >= 11 is 0. The van der Waals surface area contributed by atoms with Gasteiger partial charge in [0.1, 0.15) is 13.2 Å². The normalized spacial score (nSPS) is 15.2. The van der Waals surface area contributed by atoms with E-state index in [2.05, 4.69) is 5.32 Å². The maximum absolute atomic E-state index is 12.1. The number of esters is 1. The monoisotopic (exact) mass is 363 g/mol. The van der Waals surface area contributed by atoms with E-state index in [1.54, 1.807) is 12.1 Å². The molecule has 0 radical (unpaired) electrons. The van der Waals surface area contributed by atoms with Crippen molar-refractivity contribution >= 4 is 29.7 Å². The zero-order valence-electron chi connectivity index (χ0n) is 13.8. The molecule has 0 saturated carbocycles. The number of hydrogen-bond acceptors (Lipinski definition) is 7. The van der Waals surface area contributed by atoms with Crippen LogP contribution in [0.25, 0.3) is 0 Å². The highest BCUT2D eigenvalue weighted by molar-refractivity contribution is 6.22. The van der Waals surface area contributed by atoms with E-state index in [4.69, 9.17) is 15.6 Å². The fourth-order valence-electron chi connectivity index (χ4n) is 2.21. The Bertz CT molecular complexity index is 740. The van der Waals surface area contributed by atoms with E-state index in [0.717, 1.165) is 0 Å². The summed E-state index contributed by atoms with van der Waals surface area (Å²) in [5.41, 5.74) is 5.68. The lowest BCUT2D eigenvalue weighted by atomic mass is 10.1. The number of imide groups is 1. The number of amides is 3. The van der Waals surface area contributed by atoms with Crippen LogP contribution in [0.15, 0.2) is 24.3 Å². The predicted molar refractivity (Wildman–Crippen MR) is 86.0 cm³/mol. The van der Waals surface area contributed by atoms with E-state index < -0.39 is 54.9 Å². The van der Waals surface area contributed by atoms with Crippen LogP contribution in [-0.2, 0) is 19.1 Å². The molecule has 1 aromatic rings. The van der Waals surface area contributed by atoms with Crippen molar-refractivity contribution in [2.45, 2.75) is 19.0 Å². The molecule has 10 heteroatoms. The molecule has 138 valence electrons. The summed E-state index contributed by atoms with van der Waals surface area (Å²) in [6, 6.07) is 3.66. The molecule has 10 nitrogen and oxygen atoms in total. The van der Waals surface area contributed by atoms with Crippen LogP contribution in [0, 0.1) is 0 Å². The van der Waals surface area contributed by atoms with Crippen LogP contribution in [0.3, 0.4) is 0 Å². The first-order valence-corrected chi connectivity index (χ1v) is 7.62. The zero-order valence-corrected chi connectivity index (χ0v) is 13.8. The topological polar surface area (TPSA) is 156 Å². The van der Waals surface area contributed by atoms with Gasteiger partial charge >= 0.3 is 11.9 Å². The highest BCUT2D eigenvalue weighted by Gasteiger charge is 2.36. The second kappa shape index (κ2) is 7.74. The minimum absolute atomic E-state index is 0.179. The minimum Gasteiger partial charge on any atom is -0.480 e. The van der Waals surface area contributed by atoms with E-state index in [-0.39, 0.29) is 11.1 Å². The van der Waals surface area contributed by atoms with E-state index in [0.29, 0.717) is 4.90 Å². The van der Waals surface area contributed by atoms with Gasteiger partial charge < -0.3 is 20.9 Å². The number of aliphatic carboxylic acids is 1. The van der Waals surface area contributed by atoms with E-state index in [1.807, 2.05) is 0 Å². The van der Waals surface area contributed by atoms with Crippen LogP contribution in [0.1, 0.15) is 27.6 Å². The SMILES string of the molecule is C[C@@H](N)C(=O)N[C@@H](COC(=O)CN1C(=O)c2ccccc2C1=O)C(=O)O. The number of nitrogens with two attached hydrogens (primary N) is 1. The Balaban J connectivity index is 1.94. The Morgan fingerprint density at radius 1 is 1.19 bits per heavy atom. The summed E-state index contributed by atoms with van der Waals surface area (Å²) in [6.07, 6.45) is 0. The standard InChI is InChI=1S/C16H17N3O7/c1-8(17)13(21)18-11(16(24)25)7-26-12(20)6-19-14(22)9-4-2-3-5-10(9)15(19)23/h2-5,8,11H,6-7,17H2,1H3,(H,18,21)(H,24,25)/t8-,11+/m1/s1. The van der Waals surface area contributed by atoms with Crippen LogP contribution in [-0.4, -0.2) is 64.9 Å². The average Bonchev–Trinajstić information content (AvgIpc) is 2.83. The van der Waals surface area contributed by atoms with Crippen LogP contribution in [0.4, 0.5) is 0 Å². The quantitative estimate of drug-likeness (QED) is 0.400. The van der Waals surface area contributed by atoms with Crippen molar-refractivity contribution < 1.29 is 33.8 Å². The molecule has 1 aliphatic rings. The van der Waals surface area contributed by atoms with E-state index in [9.17, 15) is 24.0 Å². The molecule has 0 bridgehead atoms. The molecule has 2 atom stereocenters. The third-order valence-electron chi connectivity index (χ3n) is 3.60. The molecule has 26 heavy (non-hydrogen) atoms. The van der Waals surface area contributed by atoms with Gasteiger partial charge in [-0.2, -0.15) is 0 Å². The molecular formula is C16H17N3O7. The first-order valence-electron chi connectivity index (χ1n) is 7.62. The fraction of sp³-hybridized carbons (Fsp3) is 0.312. The van der Waals surface area contributed by atoms with Gasteiger partial charge in [0.15, 0.2) is 6.04 Å². The van der Waals surface area contributed by atoms with Crippen molar-refractivity contribution in [2.75, 3.05) is 13.2 Å². The highest BCUT2D eigenvalue weighted by Crippen LogP contribution is 2.22. The van der Waals surface area contributed by atoms with Gasteiger partial charge in [0.25, 0.3) is 11.8 Å². The summed E-state index contributed by atoms with van der Waals surface area (Å²) < 4.78 is 4.78. The third-order valence-corrected chi connectivity index (χ3v) is 3.60. The molecule has 1 aromatic carbocycles. The number of carbonyl (C=O) groups excluding carboxylic acids is 4. The molecule has 0 fully saturated rings. The lowest BCUT2D eigenvalue weighted by Gasteiger charge is -2.17. The van der Waals surface area contributed by atoms with Crippen molar-refractivity contribution in [3.8, 4) is 0 Å². The van der Waals surface area contributed by atoms with Crippen LogP contribution in [0.2, 0.25) is 0 Å². The number of carbonyl (C=O) groups is 5. The third kappa shape index (κ3) is 4.03. The summed E-state index contributed by atoms with van der Waals surface area (Å²) in [5.74, 6) is -4.41. The minimum atomic E-state index is -1.50. The lowest BCUT2D eigenvalue weighted by Crippen LogP contribution is -2.50. The lowest BCUT2D eigenvalue weighted by molar-refractivity contribution is -0.150. The molecule has 0 saturated heterocycles. The number of nitrogens with one attached hydrogen (secondary N) is 1. The number of hydrogen-bond donors (Lipinski definition) is 3. The van der Waals surface area contributed by atoms with Crippen LogP contribution >= 0.6 is 0 Å². The van der Waals surface area contributed by atoms with Crippen LogP contribution < -0.4 is 11.1 Å². The molecule has 0 aliphatic carbocycles. The van der Waals surface area contributed by atoms with Crippen molar-refractivity contribution in [1.29, 1.82) is 0 Å². The maximum Gasteiger partial charge on any atom is 0.329 e. The van der Waals surface area contributed by atoms with Gasteiger partial charge in [0.05, 0.1) is 17.2 Å². The van der Waals surface area contributed by atoms with E-state index >= 15 is 0 Å². The molecule has 0 spiro atoms. The highest BCUT2D eigenvalue weighted by atomic mass is 16.5. The zero-order chi connectivity index (χ0) is 19.4. The van der Waals surface area contributed by atoms with Gasteiger partial charge in [-0.05, 0) is 19.1 Å². The summed E-state index contributed by atoms with van der Waals surface area (Å²) in [7, 11) is 0. The molecule has 0 aromatic heterocycles. The predicted octanol–water partition coefficient (Wildman–Crippen LogP) is -1.26. The number of nitrogens with zero attached hydrogens (tertiary/aromatic N) is 1. The molecular weight excluding hydrogens is 346 g/mol. The van der Waals surface area contributed by atoms with E-state index in [1.165, 1.54) is 19.1 Å². The summed E-state index contributed by atoms with van der Waals surface area (Å²) in [6.45, 7) is 0.0260. The van der Waals surface area contributed by atoms with Crippen molar-refractivity contribution in [3.05, 3.63) is 35.4 Å². The fourth-order valence-corrected chi connectivity index (χ4v) is 2.21. The van der Waals surface area contributed by atoms with Gasteiger partial charge in [-0.3, -0.25) is 24.1 Å². The first kappa shape index (κ1) is 19.1. The molecule has 1 aliphatic heterocycles. The largest absolute Gasteiger partial charge is 0.480 e. The summed E-state index contributed by atoms with van der Waals surface area (Å²) in [4.78, 5) is 59.4. The second-order valence-corrected chi connectivity index (χ2v) is 5.61. The Hall–Kier alpha value is -3.27. The van der Waals surface area contributed by atoms with Gasteiger partial charge in [-0.1, -0.05) is 12.1 Å². The molecule has 0 unspecified atom stereocenters. The Kier molecular flexibility index (Phi) is 5.68. The molecule has 2 rings (SSSR count). The molecule has 1 heterocycles. The van der Waals surface area contributed by atoms with Gasteiger partial charge in [0, 0.05) is 0 Å². The molecule has 3 amide bonds. The van der Waals surface area contributed by atoms with Crippen molar-refractivity contribution in [1.82, 2.24) is 10.2 Å². The number of rotatable bonds is 7. The number of ether oxygens (including phenoxy) is 1. The van der Waals surface area contributed by atoms with Crippen molar-refractivity contribution in [3.63, 3.8) is 0 Å². The first-order chi connectivity index (χ1) is 12.2. The van der Waals surface area contributed by atoms with Gasteiger partial charge in [0.2, 0.25) is 5.91 Å². The number of carboxylic acid groups (broad SMARTS) is 1. The van der Waals surface area contributed by atoms with Crippen molar-refractivity contribution in [2.24, 2.45) is 5.73 Å². The number of carboxylic acids is 1. The summed E-state index contributed by atoms with van der Waals surface area (Å²) in [5, 5.41) is 11.1. The number of benzene rings is 1. The maximum atomic E-state index is 12.1.